The van der Waals surface area contributed by atoms with Gasteiger partial charge in [-0.3, -0.25) is 4.79 Å². The van der Waals surface area contributed by atoms with Crippen molar-refractivity contribution >= 4 is 11.6 Å². The minimum Gasteiger partial charge on any atom is -0.494 e. The van der Waals surface area contributed by atoms with Gasteiger partial charge >= 0.3 is 0 Å². The first-order valence-electron chi connectivity index (χ1n) is 10.4. The lowest BCUT2D eigenvalue weighted by Crippen LogP contribution is -2.12. The molecule has 0 aliphatic heterocycles. The Hall–Kier alpha value is -3.27. The van der Waals surface area contributed by atoms with Crippen LogP contribution < -0.4 is 14.8 Å². The number of rotatable bonds is 10. The monoisotopic (exact) mass is 403 g/mol. The fourth-order valence-corrected chi connectivity index (χ4v) is 2.94. The van der Waals surface area contributed by atoms with Gasteiger partial charge in [0.05, 0.1) is 13.2 Å². The Kier molecular flexibility index (Phi) is 7.90. The second kappa shape index (κ2) is 11.1. The number of hydrogen-bond donors (Lipinski definition) is 1. The highest BCUT2D eigenvalue weighted by atomic mass is 16.5. The largest absolute Gasteiger partial charge is 0.494 e. The van der Waals surface area contributed by atoms with Crippen molar-refractivity contribution in [3.05, 3.63) is 90.0 Å². The summed E-state index contributed by atoms with van der Waals surface area (Å²) in [6, 6.07) is 24.9. The van der Waals surface area contributed by atoms with Crippen LogP contribution in [-0.4, -0.2) is 19.1 Å². The molecular weight excluding hydrogens is 374 g/mol. The Morgan fingerprint density at radius 2 is 1.53 bits per heavy atom. The van der Waals surface area contributed by atoms with Crippen LogP contribution in [0.5, 0.6) is 11.5 Å². The van der Waals surface area contributed by atoms with Crippen LogP contribution in [0.25, 0.3) is 0 Å². The molecule has 0 radical (unpaired) electrons. The summed E-state index contributed by atoms with van der Waals surface area (Å²) in [5.41, 5.74) is 2.48. The smallest absolute Gasteiger partial charge is 0.255 e. The molecule has 0 bridgehead atoms. The molecule has 0 unspecified atom stereocenters. The number of anilines is 1. The second-order valence-corrected chi connectivity index (χ2v) is 7.62. The van der Waals surface area contributed by atoms with Crippen LogP contribution in [0.2, 0.25) is 0 Å². The SMILES string of the molecule is CC(C)CCOc1cccc(NC(=O)c2cccc(OCCc3ccccc3)c2)c1. The van der Waals surface area contributed by atoms with E-state index in [0.717, 1.165) is 18.6 Å². The van der Waals surface area contributed by atoms with E-state index in [4.69, 9.17) is 9.47 Å². The maximum Gasteiger partial charge on any atom is 0.255 e. The zero-order valence-electron chi connectivity index (χ0n) is 17.6. The molecule has 0 saturated carbocycles. The van der Waals surface area contributed by atoms with Gasteiger partial charge in [0.1, 0.15) is 11.5 Å². The number of carbonyl (C=O) groups is 1. The Balaban J connectivity index is 1.54. The summed E-state index contributed by atoms with van der Waals surface area (Å²) in [5, 5.41) is 2.93. The first-order valence-corrected chi connectivity index (χ1v) is 10.4. The van der Waals surface area contributed by atoms with Crippen LogP contribution in [0, 0.1) is 5.92 Å². The van der Waals surface area contributed by atoms with Gasteiger partial charge < -0.3 is 14.8 Å². The highest BCUT2D eigenvalue weighted by Crippen LogP contribution is 2.20. The van der Waals surface area contributed by atoms with E-state index in [1.807, 2.05) is 54.6 Å². The summed E-state index contributed by atoms with van der Waals surface area (Å²) in [5.74, 6) is 1.86. The highest BCUT2D eigenvalue weighted by molar-refractivity contribution is 6.04. The third-order valence-corrected chi connectivity index (χ3v) is 4.65. The van der Waals surface area contributed by atoms with Gasteiger partial charge in [0.2, 0.25) is 0 Å². The van der Waals surface area contributed by atoms with Gasteiger partial charge in [0, 0.05) is 23.7 Å². The van der Waals surface area contributed by atoms with E-state index in [2.05, 4.69) is 31.3 Å². The molecule has 0 aromatic heterocycles. The van der Waals surface area contributed by atoms with Crippen molar-refractivity contribution in [1.29, 1.82) is 0 Å². The number of ether oxygens (including phenoxy) is 2. The molecule has 156 valence electrons. The summed E-state index contributed by atoms with van der Waals surface area (Å²) < 4.78 is 11.6. The zero-order valence-corrected chi connectivity index (χ0v) is 17.6. The van der Waals surface area contributed by atoms with E-state index in [0.29, 0.717) is 36.1 Å². The molecule has 4 nitrogen and oxygen atoms in total. The molecule has 0 atom stereocenters. The number of amides is 1. The fraction of sp³-hybridized carbons (Fsp3) is 0.269. The molecule has 4 heteroatoms. The molecule has 0 fully saturated rings. The van der Waals surface area contributed by atoms with Crippen molar-refractivity contribution in [1.82, 2.24) is 0 Å². The third-order valence-electron chi connectivity index (χ3n) is 4.65. The van der Waals surface area contributed by atoms with Crippen molar-refractivity contribution in [2.24, 2.45) is 5.92 Å². The van der Waals surface area contributed by atoms with Gasteiger partial charge in [0.25, 0.3) is 5.91 Å². The van der Waals surface area contributed by atoms with Gasteiger partial charge in [0.15, 0.2) is 0 Å². The molecule has 3 aromatic carbocycles. The average Bonchev–Trinajstić information content (AvgIpc) is 2.75. The topological polar surface area (TPSA) is 47.6 Å². The van der Waals surface area contributed by atoms with Crippen LogP contribution in [0.15, 0.2) is 78.9 Å². The second-order valence-electron chi connectivity index (χ2n) is 7.62. The highest BCUT2D eigenvalue weighted by Gasteiger charge is 2.08. The molecular formula is C26H29NO3. The summed E-state index contributed by atoms with van der Waals surface area (Å²) >= 11 is 0. The first-order chi connectivity index (χ1) is 14.6. The van der Waals surface area contributed by atoms with Crippen LogP contribution in [0.4, 0.5) is 5.69 Å². The zero-order chi connectivity index (χ0) is 21.2. The minimum atomic E-state index is -0.178. The predicted octanol–water partition coefficient (Wildman–Crippen LogP) is 5.99. The van der Waals surface area contributed by atoms with Crippen LogP contribution in [0.3, 0.4) is 0 Å². The number of benzene rings is 3. The predicted molar refractivity (Wildman–Crippen MR) is 121 cm³/mol. The van der Waals surface area contributed by atoms with Crippen molar-refractivity contribution < 1.29 is 14.3 Å². The minimum absolute atomic E-state index is 0.178. The van der Waals surface area contributed by atoms with Crippen LogP contribution >= 0.6 is 0 Å². The van der Waals surface area contributed by atoms with Gasteiger partial charge in [-0.05, 0) is 48.2 Å². The molecule has 3 rings (SSSR count). The van der Waals surface area contributed by atoms with Crippen molar-refractivity contribution in [3.8, 4) is 11.5 Å². The number of hydrogen-bond acceptors (Lipinski definition) is 3. The Morgan fingerprint density at radius 1 is 0.833 bits per heavy atom. The lowest BCUT2D eigenvalue weighted by molar-refractivity contribution is 0.102. The number of carbonyl (C=O) groups excluding carboxylic acids is 1. The normalized spacial score (nSPS) is 10.6. The van der Waals surface area contributed by atoms with Crippen LogP contribution in [0.1, 0.15) is 36.2 Å². The van der Waals surface area contributed by atoms with Gasteiger partial charge in [-0.1, -0.05) is 56.3 Å². The molecule has 3 aromatic rings. The summed E-state index contributed by atoms with van der Waals surface area (Å²) in [4.78, 5) is 12.7. The van der Waals surface area contributed by atoms with Crippen LogP contribution in [-0.2, 0) is 6.42 Å². The summed E-state index contributed by atoms with van der Waals surface area (Å²) in [7, 11) is 0. The molecule has 0 saturated heterocycles. The molecule has 30 heavy (non-hydrogen) atoms. The summed E-state index contributed by atoms with van der Waals surface area (Å²) in [6.07, 6.45) is 1.81. The molecule has 0 aliphatic rings. The third kappa shape index (κ3) is 6.96. The molecule has 0 spiro atoms. The maximum atomic E-state index is 12.7. The van der Waals surface area contributed by atoms with Gasteiger partial charge in [-0.2, -0.15) is 0 Å². The van der Waals surface area contributed by atoms with E-state index in [1.54, 1.807) is 12.1 Å². The first kappa shape index (κ1) is 21.4. The van der Waals surface area contributed by atoms with E-state index >= 15 is 0 Å². The Morgan fingerprint density at radius 3 is 2.30 bits per heavy atom. The number of nitrogens with one attached hydrogen (secondary N) is 1. The Labute approximate surface area is 178 Å². The van der Waals surface area contributed by atoms with E-state index in [9.17, 15) is 4.79 Å². The molecule has 1 N–H and O–H groups in total. The van der Waals surface area contributed by atoms with Gasteiger partial charge in [-0.15, -0.1) is 0 Å². The Bertz CT molecular complexity index is 938. The summed E-state index contributed by atoms with van der Waals surface area (Å²) in [6.45, 7) is 5.56. The molecule has 0 heterocycles. The van der Waals surface area contributed by atoms with Crippen molar-refractivity contribution in [3.63, 3.8) is 0 Å². The van der Waals surface area contributed by atoms with Crippen molar-refractivity contribution in [2.75, 3.05) is 18.5 Å². The molecule has 0 aliphatic carbocycles. The molecule has 1 amide bonds. The maximum absolute atomic E-state index is 12.7. The van der Waals surface area contributed by atoms with Gasteiger partial charge in [-0.25, -0.2) is 0 Å². The van der Waals surface area contributed by atoms with E-state index < -0.39 is 0 Å². The van der Waals surface area contributed by atoms with E-state index in [-0.39, 0.29) is 5.91 Å². The van der Waals surface area contributed by atoms with Crippen molar-refractivity contribution in [2.45, 2.75) is 26.7 Å². The fourth-order valence-electron chi connectivity index (χ4n) is 2.94. The standard InChI is InChI=1S/C26H29NO3/c1-20(2)14-16-29-25-13-7-11-23(19-25)27-26(28)22-10-6-12-24(18-22)30-17-15-21-8-4-3-5-9-21/h3-13,18-20H,14-17H2,1-2H3,(H,27,28). The quantitative estimate of drug-likeness (QED) is 0.453. The lowest BCUT2D eigenvalue weighted by atomic mass is 10.1. The average molecular weight is 404 g/mol. The lowest BCUT2D eigenvalue weighted by Gasteiger charge is -2.11. The van der Waals surface area contributed by atoms with E-state index in [1.165, 1.54) is 5.56 Å².